The highest BCUT2D eigenvalue weighted by Gasteiger charge is 2.26. The Morgan fingerprint density at radius 2 is 1.80 bits per heavy atom. The Labute approximate surface area is 149 Å². The summed E-state index contributed by atoms with van der Waals surface area (Å²) in [6, 6.07) is 15.9. The van der Waals surface area contributed by atoms with Gasteiger partial charge in [-0.15, -0.1) is 0 Å². The molecule has 0 aromatic heterocycles. The number of para-hydroxylation sites is 1. The van der Waals surface area contributed by atoms with Crippen LogP contribution in [-0.4, -0.2) is 37.6 Å². The van der Waals surface area contributed by atoms with E-state index in [-0.39, 0.29) is 11.9 Å². The molecule has 4 nitrogen and oxygen atoms in total. The molecule has 2 aromatic carbocycles. The summed E-state index contributed by atoms with van der Waals surface area (Å²) >= 11 is 0. The standard InChI is InChI=1S/C21H26N2O2/c1-16-9-3-4-10-17(16)21(24)22-15-19(23-13-7-8-14-23)18-11-5-6-12-20(18)25-2/h3-6,9-12,19H,7-8,13-15H2,1-2H3,(H,22,24). The Balaban J connectivity index is 1.79. The van der Waals surface area contributed by atoms with Gasteiger partial charge in [0, 0.05) is 17.7 Å². The lowest BCUT2D eigenvalue weighted by atomic mass is 10.0. The van der Waals surface area contributed by atoms with Crippen LogP contribution in [0.4, 0.5) is 0 Å². The summed E-state index contributed by atoms with van der Waals surface area (Å²) in [5, 5.41) is 3.13. The van der Waals surface area contributed by atoms with Crippen molar-refractivity contribution < 1.29 is 9.53 Å². The first-order valence-electron chi connectivity index (χ1n) is 8.91. The largest absolute Gasteiger partial charge is 0.496 e. The molecule has 0 radical (unpaired) electrons. The Hall–Kier alpha value is -2.33. The lowest BCUT2D eigenvalue weighted by Crippen LogP contribution is -2.37. The van der Waals surface area contributed by atoms with Crippen molar-refractivity contribution in [3.05, 3.63) is 65.2 Å². The Kier molecular flexibility index (Phi) is 5.71. The third-order valence-electron chi connectivity index (χ3n) is 4.93. The molecular formula is C21H26N2O2. The molecule has 1 N–H and O–H groups in total. The number of likely N-dealkylation sites (tertiary alicyclic amines) is 1. The predicted octanol–water partition coefficient (Wildman–Crippen LogP) is 3.57. The van der Waals surface area contributed by atoms with Gasteiger partial charge in [-0.2, -0.15) is 0 Å². The number of methoxy groups -OCH3 is 1. The molecule has 1 heterocycles. The van der Waals surface area contributed by atoms with E-state index in [1.807, 2.05) is 49.4 Å². The number of nitrogens with one attached hydrogen (secondary N) is 1. The van der Waals surface area contributed by atoms with Crippen molar-refractivity contribution in [2.75, 3.05) is 26.7 Å². The third kappa shape index (κ3) is 4.02. The number of amides is 1. The first-order valence-corrected chi connectivity index (χ1v) is 8.91. The molecule has 0 bridgehead atoms. The molecule has 1 aliphatic rings. The quantitative estimate of drug-likeness (QED) is 0.875. The van der Waals surface area contributed by atoms with E-state index < -0.39 is 0 Å². The number of benzene rings is 2. The molecule has 1 fully saturated rings. The number of carbonyl (C=O) groups is 1. The summed E-state index contributed by atoms with van der Waals surface area (Å²) in [7, 11) is 1.70. The van der Waals surface area contributed by atoms with Crippen LogP contribution in [0.3, 0.4) is 0 Å². The molecule has 1 aliphatic heterocycles. The Morgan fingerprint density at radius 3 is 2.52 bits per heavy atom. The smallest absolute Gasteiger partial charge is 0.251 e. The minimum absolute atomic E-state index is 0.0165. The van der Waals surface area contributed by atoms with Crippen LogP contribution in [0.15, 0.2) is 48.5 Å². The highest BCUT2D eigenvalue weighted by molar-refractivity contribution is 5.95. The fourth-order valence-electron chi connectivity index (χ4n) is 3.54. The van der Waals surface area contributed by atoms with Gasteiger partial charge in [-0.1, -0.05) is 36.4 Å². The normalized spacial score (nSPS) is 15.8. The Bertz CT molecular complexity index is 723. The van der Waals surface area contributed by atoms with Crippen molar-refractivity contribution in [3.63, 3.8) is 0 Å². The molecule has 132 valence electrons. The second-order valence-corrected chi connectivity index (χ2v) is 6.53. The van der Waals surface area contributed by atoms with E-state index in [1.165, 1.54) is 12.8 Å². The summed E-state index contributed by atoms with van der Waals surface area (Å²) in [4.78, 5) is 15.1. The van der Waals surface area contributed by atoms with Crippen molar-refractivity contribution >= 4 is 5.91 Å². The van der Waals surface area contributed by atoms with Crippen molar-refractivity contribution in [2.45, 2.75) is 25.8 Å². The number of rotatable bonds is 6. The second-order valence-electron chi connectivity index (χ2n) is 6.53. The fourth-order valence-corrected chi connectivity index (χ4v) is 3.54. The van der Waals surface area contributed by atoms with Crippen LogP contribution in [0.5, 0.6) is 5.75 Å². The molecule has 1 unspecified atom stereocenters. The van der Waals surface area contributed by atoms with Gasteiger partial charge in [-0.3, -0.25) is 9.69 Å². The molecule has 25 heavy (non-hydrogen) atoms. The zero-order valence-corrected chi connectivity index (χ0v) is 15.0. The zero-order chi connectivity index (χ0) is 17.6. The van der Waals surface area contributed by atoms with Gasteiger partial charge in [-0.05, 0) is 50.6 Å². The summed E-state index contributed by atoms with van der Waals surface area (Å²) in [6.45, 7) is 4.66. The van der Waals surface area contributed by atoms with Crippen molar-refractivity contribution in [1.29, 1.82) is 0 Å². The molecule has 3 rings (SSSR count). The van der Waals surface area contributed by atoms with Crippen LogP contribution in [0.1, 0.15) is 40.4 Å². The van der Waals surface area contributed by atoms with Gasteiger partial charge >= 0.3 is 0 Å². The van der Waals surface area contributed by atoms with Gasteiger partial charge in [0.15, 0.2) is 0 Å². The van der Waals surface area contributed by atoms with E-state index in [9.17, 15) is 4.79 Å². The maximum atomic E-state index is 12.6. The van der Waals surface area contributed by atoms with Crippen LogP contribution < -0.4 is 10.1 Å². The van der Waals surface area contributed by atoms with Crippen LogP contribution in [0, 0.1) is 6.92 Å². The highest BCUT2D eigenvalue weighted by atomic mass is 16.5. The summed E-state index contributed by atoms with van der Waals surface area (Å²) < 4.78 is 5.56. The molecule has 0 aliphatic carbocycles. The van der Waals surface area contributed by atoms with E-state index in [2.05, 4.69) is 16.3 Å². The molecule has 0 spiro atoms. The number of ether oxygens (including phenoxy) is 1. The summed E-state index contributed by atoms with van der Waals surface area (Å²) in [5.74, 6) is 0.863. The number of hydrogen-bond donors (Lipinski definition) is 1. The lowest BCUT2D eigenvalue weighted by molar-refractivity contribution is 0.0936. The SMILES string of the molecule is COc1ccccc1C(CNC(=O)c1ccccc1C)N1CCCC1. The second kappa shape index (κ2) is 8.17. The van der Waals surface area contributed by atoms with E-state index in [0.29, 0.717) is 6.54 Å². The predicted molar refractivity (Wildman–Crippen MR) is 100 cm³/mol. The van der Waals surface area contributed by atoms with Gasteiger partial charge < -0.3 is 10.1 Å². The van der Waals surface area contributed by atoms with Crippen LogP contribution in [-0.2, 0) is 0 Å². The average molecular weight is 338 g/mol. The molecule has 1 saturated heterocycles. The molecule has 1 atom stereocenters. The maximum Gasteiger partial charge on any atom is 0.251 e. The van der Waals surface area contributed by atoms with E-state index in [1.54, 1.807) is 7.11 Å². The lowest BCUT2D eigenvalue weighted by Gasteiger charge is -2.29. The summed E-state index contributed by atoms with van der Waals surface area (Å²) in [6.07, 6.45) is 2.41. The topological polar surface area (TPSA) is 41.6 Å². The van der Waals surface area contributed by atoms with E-state index >= 15 is 0 Å². The molecular weight excluding hydrogens is 312 g/mol. The fraction of sp³-hybridized carbons (Fsp3) is 0.381. The third-order valence-corrected chi connectivity index (χ3v) is 4.93. The first-order chi connectivity index (χ1) is 12.2. The molecule has 0 saturated carbocycles. The van der Waals surface area contributed by atoms with Crippen LogP contribution in [0.25, 0.3) is 0 Å². The summed E-state index contributed by atoms with van der Waals surface area (Å²) in [5.41, 5.74) is 2.87. The van der Waals surface area contributed by atoms with Crippen molar-refractivity contribution in [3.8, 4) is 5.75 Å². The van der Waals surface area contributed by atoms with E-state index in [0.717, 1.165) is 35.5 Å². The van der Waals surface area contributed by atoms with Gasteiger partial charge in [0.25, 0.3) is 5.91 Å². The zero-order valence-electron chi connectivity index (χ0n) is 15.0. The minimum atomic E-state index is -0.0165. The van der Waals surface area contributed by atoms with Crippen molar-refractivity contribution in [2.24, 2.45) is 0 Å². The van der Waals surface area contributed by atoms with Gasteiger partial charge in [0.2, 0.25) is 0 Å². The van der Waals surface area contributed by atoms with Gasteiger partial charge in [0.1, 0.15) is 5.75 Å². The van der Waals surface area contributed by atoms with Crippen LogP contribution >= 0.6 is 0 Å². The molecule has 2 aromatic rings. The Morgan fingerprint density at radius 1 is 1.12 bits per heavy atom. The van der Waals surface area contributed by atoms with Crippen molar-refractivity contribution in [1.82, 2.24) is 10.2 Å². The van der Waals surface area contributed by atoms with Gasteiger partial charge in [-0.25, -0.2) is 0 Å². The number of nitrogens with zero attached hydrogens (tertiary/aromatic N) is 1. The van der Waals surface area contributed by atoms with Crippen LogP contribution in [0.2, 0.25) is 0 Å². The number of carbonyl (C=O) groups excluding carboxylic acids is 1. The van der Waals surface area contributed by atoms with E-state index in [4.69, 9.17) is 4.74 Å². The monoisotopic (exact) mass is 338 g/mol. The first kappa shape index (κ1) is 17.5. The maximum absolute atomic E-state index is 12.6. The molecule has 1 amide bonds. The number of aryl methyl sites for hydroxylation is 1. The average Bonchev–Trinajstić information content (AvgIpc) is 3.17. The number of hydrogen-bond acceptors (Lipinski definition) is 3. The van der Waals surface area contributed by atoms with Gasteiger partial charge in [0.05, 0.1) is 13.2 Å². The highest BCUT2D eigenvalue weighted by Crippen LogP contribution is 2.31. The molecule has 4 heteroatoms. The minimum Gasteiger partial charge on any atom is -0.496 e.